The van der Waals surface area contributed by atoms with Crippen LogP contribution >= 0.6 is 0 Å². The van der Waals surface area contributed by atoms with Crippen LogP contribution in [0.25, 0.3) is 0 Å². The van der Waals surface area contributed by atoms with Crippen molar-refractivity contribution >= 4 is 5.78 Å². The fourth-order valence-electron chi connectivity index (χ4n) is 0.817. The second-order valence-electron chi connectivity index (χ2n) is 2.42. The third kappa shape index (κ3) is 1.87. The molecule has 1 nitrogen and oxygen atoms in total. The predicted molar refractivity (Wildman–Crippen MR) is 41.5 cm³/mol. The first-order valence-electron chi connectivity index (χ1n) is 3.40. The number of carbonyl (C=O) groups is 1. The number of hydrogen-bond donors (Lipinski definition) is 0. The predicted octanol–water partition coefficient (Wildman–Crippen LogP) is 2.15. The molecular formula is C9H9FO. The summed E-state index contributed by atoms with van der Waals surface area (Å²) in [6.45, 7) is 1.01. The molecule has 58 valence electrons. The second kappa shape index (κ2) is 3.28. The molecule has 0 aromatic heterocycles. The highest BCUT2D eigenvalue weighted by Crippen LogP contribution is 2.03. The Hall–Kier alpha value is -1.18. The molecule has 0 atom stereocenters. The van der Waals surface area contributed by atoms with E-state index in [4.69, 9.17) is 0 Å². The maximum Gasteiger partial charge on any atom is 0.193 e. The number of carbonyl (C=O) groups excluding carboxylic acids is 1. The van der Waals surface area contributed by atoms with Crippen molar-refractivity contribution in [2.75, 3.05) is 6.67 Å². The van der Waals surface area contributed by atoms with Crippen LogP contribution in [0.15, 0.2) is 24.3 Å². The van der Waals surface area contributed by atoms with E-state index in [1.54, 1.807) is 24.3 Å². The van der Waals surface area contributed by atoms with Crippen LogP contribution in [-0.4, -0.2) is 12.5 Å². The van der Waals surface area contributed by atoms with Crippen LogP contribution < -0.4 is 0 Å². The lowest BCUT2D eigenvalue weighted by molar-refractivity contribution is 0.0958. The molecule has 1 rings (SSSR count). The molecule has 2 heteroatoms. The summed E-state index contributed by atoms with van der Waals surface area (Å²) in [5.41, 5.74) is 1.51. The second-order valence-corrected chi connectivity index (χ2v) is 2.42. The highest BCUT2D eigenvalue weighted by atomic mass is 19.1. The lowest BCUT2D eigenvalue weighted by atomic mass is 10.1. The summed E-state index contributed by atoms with van der Waals surface area (Å²) in [4.78, 5) is 10.7. The van der Waals surface area contributed by atoms with Crippen molar-refractivity contribution in [1.82, 2.24) is 0 Å². The number of alkyl halides is 1. The Labute approximate surface area is 64.9 Å². The molecule has 0 heterocycles. The molecule has 0 aliphatic rings. The zero-order chi connectivity index (χ0) is 8.27. The fourth-order valence-corrected chi connectivity index (χ4v) is 0.817. The van der Waals surface area contributed by atoms with Gasteiger partial charge in [0.1, 0.15) is 0 Å². The van der Waals surface area contributed by atoms with Crippen molar-refractivity contribution in [3.8, 4) is 0 Å². The van der Waals surface area contributed by atoms with Gasteiger partial charge in [-0.1, -0.05) is 29.8 Å². The van der Waals surface area contributed by atoms with Crippen molar-refractivity contribution in [3.05, 3.63) is 35.4 Å². The van der Waals surface area contributed by atoms with Gasteiger partial charge in [0.2, 0.25) is 0 Å². The smallest absolute Gasteiger partial charge is 0.193 e. The van der Waals surface area contributed by atoms with Crippen LogP contribution in [0.1, 0.15) is 15.9 Å². The van der Waals surface area contributed by atoms with E-state index in [1.165, 1.54) is 0 Å². The van der Waals surface area contributed by atoms with Crippen molar-refractivity contribution in [3.63, 3.8) is 0 Å². The van der Waals surface area contributed by atoms with Gasteiger partial charge in [0.15, 0.2) is 12.5 Å². The quantitative estimate of drug-likeness (QED) is 0.593. The zero-order valence-corrected chi connectivity index (χ0v) is 6.30. The normalized spacial score (nSPS) is 9.64. The number of hydrogen-bond acceptors (Lipinski definition) is 1. The number of aryl methyl sites for hydroxylation is 1. The lowest BCUT2D eigenvalue weighted by Crippen LogP contribution is -1.99. The van der Waals surface area contributed by atoms with Gasteiger partial charge in [-0.3, -0.25) is 4.79 Å². The van der Waals surface area contributed by atoms with Crippen LogP contribution in [0.5, 0.6) is 0 Å². The Bertz CT molecular complexity index is 251. The van der Waals surface area contributed by atoms with Crippen LogP contribution in [-0.2, 0) is 0 Å². The standard InChI is InChI=1S/C9H9FO/c1-7-2-4-8(5-3-7)9(11)6-10/h2-5H,6H2,1H3. The maximum absolute atomic E-state index is 11.8. The summed E-state index contributed by atoms with van der Waals surface area (Å²) in [7, 11) is 0. The average molecular weight is 152 g/mol. The molecular weight excluding hydrogens is 143 g/mol. The van der Waals surface area contributed by atoms with Gasteiger partial charge in [-0.05, 0) is 6.92 Å². The molecule has 1 aromatic carbocycles. The maximum atomic E-state index is 11.8. The highest BCUT2D eigenvalue weighted by molar-refractivity contribution is 5.96. The summed E-state index contributed by atoms with van der Waals surface area (Å²) >= 11 is 0. The molecule has 0 saturated carbocycles. The number of ketones is 1. The average Bonchev–Trinajstić information content (AvgIpc) is 2.05. The monoisotopic (exact) mass is 152 g/mol. The molecule has 0 saturated heterocycles. The van der Waals surface area contributed by atoms with Gasteiger partial charge in [-0.25, -0.2) is 4.39 Å². The highest BCUT2D eigenvalue weighted by Gasteiger charge is 2.02. The van der Waals surface area contributed by atoms with Crippen LogP contribution in [0.3, 0.4) is 0 Å². The number of Topliss-reactive ketones (excluding diaryl/α,β-unsaturated/α-hetero) is 1. The Morgan fingerprint density at radius 3 is 2.36 bits per heavy atom. The Kier molecular flexibility index (Phi) is 2.36. The zero-order valence-electron chi connectivity index (χ0n) is 6.30. The van der Waals surface area contributed by atoms with Gasteiger partial charge < -0.3 is 0 Å². The van der Waals surface area contributed by atoms with E-state index >= 15 is 0 Å². The van der Waals surface area contributed by atoms with E-state index in [9.17, 15) is 9.18 Å². The van der Waals surface area contributed by atoms with Crippen LogP contribution in [0, 0.1) is 6.92 Å². The van der Waals surface area contributed by atoms with Gasteiger partial charge in [-0.2, -0.15) is 0 Å². The van der Waals surface area contributed by atoms with Crippen LogP contribution in [0.4, 0.5) is 4.39 Å². The number of benzene rings is 1. The molecule has 0 aliphatic carbocycles. The summed E-state index contributed by atoms with van der Waals surface area (Å²) in [6.07, 6.45) is 0. The van der Waals surface area contributed by atoms with Crippen molar-refractivity contribution < 1.29 is 9.18 Å². The van der Waals surface area contributed by atoms with E-state index in [0.717, 1.165) is 5.56 Å². The largest absolute Gasteiger partial charge is 0.291 e. The van der Waals surface area contributed by atoms with Gasteiger partial charge in [0.25, 0.3) is 0 Å². The summed E-state index contributed by atoms with van der Waals surface area (Å²) < 4.78 is 11.8. The molecule has 0 radical (unpaired) electrons. The van der Waals surface area contributed by atoms with Crippen LogP contribution in [0.2, 0.25) is 0 Å². The molecule has 0 amide bonds. The first-order valence-corrected chi connectivity index (χ1v) is 3.40. The van der Waals surface area contributed by atoms with Crippen molar-refractivity contribution in [2.45, 2.75) is 6.92 Å². The first-order chi connectivity index (χ1) is 5.24. The van der Waals surface area contributed by atoms with Gasteiger partial charge in [-0.15, -0.1) is 0 Å². The molecule has 11 heavy (non-hydrogen) atoms. The molecule has 1 aromatic rings. The number of halogens is 1. The molecule has 0 unspecified atom stereocenters. The van der Waals surface area contributed by atoms with Gasteiger partial charge in [0.05, 0.1) is 0 Å². The molecule has 0 spiro atoms. The first kappa shape index (κ1) is 7.92. The number of rotatable bonds is 2. The summed E-state index contributed by atoms with van der Waals surface area (Å²) in [5, 5.41) is 0. The minimum atomic E-state index is -0.914. The van der Waals surface area contributed by atoms with Gasteiger partial charge in [0, 0.05) is 5.56 Å². The third-order valence-electron chi connectivity index (χ3n) is 1.49. The van der Waals surface area contributed by atoms with E-state index in [2.05, 4.69) is 0 Å². The van der Waals surface area contributed by atoms with E-state index in [-0.39, 0.29) is 0 Å². The summed E-state index contributed by atoms with van der Waals surface area (Å²) in [5.74, 6) is -0.454. The lowest BCUT2D eigenvalue weighted by Gasteiger charge is -1.95. The molecule has 0 bridgehead atoms. The summed E-state index contributed by atoms with van der Waals surface area (Å²) in [6, 6.07) is 6.86. The Morgan fingerprint density at radius 2 is 1.91 bits per heavy atom. The SMILES string of the molecule is Cc1ccc(C(=O)CF)cc1. The van der Waals surface area contributed by atoms with E-state index in [1.807, 2.05) is 6.92 Å². The molecule has 0 aliphatic heterocycles. The molecule has 0 fully saturated rings. The van der Waals surface area contributed by atoms with Gasteiger partial charge >= 0.3 is 0 Å². The van der Waals surface area contributed by atoms with Crippen molar-refractivity contribution in [1.29, 1.82) is 0 Å². The topological polar surface area (TPSA) is 17.1 Å². The van der Waals surface area contributed by atoms with E-state index < -0.39 is 12.5 Å². The van der Waals surface area contributed by atoms with Crippen molar-refractivity contribution in [2.24, 2.45) is 0 Å². The van der Waals surface area contributed by atoms with E-state index in [0.29, 0.717) is 5.56 Å². The minimum Gasteiger partial charge on any atom is -0.291 e. The Morgan fingerprint density at radius 1 is 1.36 bits per heavy atom. The third-order valence-corrected chi connectivity index (χ3v) is 1.49. The fraction of sp³-hybridized carbons (Fsp3) is 0.222. The Balaban J connectivity index is 2.90. The molecule has 0 N–H and O–H groups in total. The minimum absolute atomic E-state index is 0.443.